The van der Waals surface area contributed by atoms with E-state index in [4.69, 9.17) is 9.84 Å². The zero-order valence-corrected chi connectivity index (χ0v) is 15.0. The van der Waals surface area contributed by atoms with Gasteiger partial charge in [-0.2, -0.15) is 0 Å². The number of ether oxygens (including phenoxy) is 1. The highest BCUT2D eigenvalue weighted by atomic mass is 16.5. The van der Waals surface area contributed by atoms with Crippen LogP contribution in [0.4, 0.5) is 0 Å². The Labute approximate surface area is 155 Å². The van der Waals surface area contributed by atoms with Crippen molar-refractivity contribution in [1.29, 1.82) is 0 Å². The van der Waals surface area contributed by atoms with Crippen LogP contribution < -0.4 is 5.32 Å². The number of nitrogens with one attached hydrogen (secondary N) is 1. The van der Waals surface area contributed by atoms with Crippen molar-refractivity contribution in [2.24, 2.45) is 0 Å². The number of amides is 1. The number of carbonyl (C=O) groups excluding carboxylic acids is 1. The Hall–Kier alpha value is -2.50. The smallest absolute Gasteiger partial charge is 0.370 e. The molecule has 1 aliphatic rings. The highest BCUT2D eigenvalue weighted by Gasteiger charge is 2.44. The number of aliphatic hydroxyl groups excluding tert-OH is 3. The minimum atomic E-state index is -1.66. The maximum atomic E-state index is 11.7. The van der Waals surface area contributed by atoms with Crippen LogP contribution >= 0.6 is 0 Å². The zero-order valence-electron chi connectivity index (χ0n) is 15.0. The second-order valence-corrected chi connectivity index (χ2v) is 6.32. The summed E-state index contributed by atoms with van der Waals surface area (Å²) in [7, 11) is 0. The molecular weight excluding hydrogens is 360 g/mol. The van der Waals surface area contributed by atoms with Gasteiger partial charge in [0, 0.05) is 13.1 Å². The number of aromatic nitrogens is 3. The molecule has 1 aromatic heterocycles. The van der Waals surface area contributed by atoms with Gasteiger partial charge in [0.05, 0.1) is 24.4 Å². The third-order valence-electron chi connectivity index (χ3n) is 4.18. The summed E-state index contributed by atoms with van der Waals surface area (Å²) >= 11 is 0. The van der Waals surface area contributed by atoms with Crippen LogP contribution in [-0.4, -0.2) is 78.3 Å². The van der Waals surface area contributed by atoms with Gasteiger partial charge in [-0.05, 0) is 12.5 Å². The lowest BCUT2D eigenvalue weighted by Crippen LogP contribution is -2.58. The van der Waals surface area contributed by atoms with E-state index in [9.17, 15) is 24.9 Å². The lowest BCUT2D eigenvalue weighted by molar-refractivity contribution is -0.147. The molecule has 0 saturated heterocycles. The minimum absolute atomic E-state index is 0.453. The molecular formula is C16H24N4O7. The summed E-state index contributed by atoms with van der Waals surface area (Å²) in [5, 5.41) is 49.2. The number of aliphatic carboxylic acids is 1. The number of hydrogen-bond acceptors (Lipinski definition) is 8. The normalized spacial score (nSPS) is 24.5. The van der Waals surface area contributed by atoms with Crippen LogP contribution in [0.3, 0.4) is 0 Å². The van der Waals surface area contributed by atoms with Gasteiger partial charge in [-0.15, -0.1) is 5.10 Å². The highest BCUT2D eigenvalue weighted by molar-refractivity contribution is 5.84. The summed E-state index contributed by atoms with van der Waals surface area (Å²) in [6, 6.07) is -1.80. The molecule has 1 amide bonds. The Morgan fingerprint density at radius 2 is 2.11 bits per heavy atom. The standard InChI is InChI=1S/C16H24N4O7/c1-3-4-9-6-20(19-18-9)10-5-12(16(25)26)27-15(13(10)17-8(2)22)14(24)11(23)7-21/h5-6,10-11,13-15,21,23-24H,3-4,7H2,1-2H3,(H,17,22)(H,25,26)/t10-,11+,13+,14+,15+/m0/s1. The van der Waals surface area contributed by atoms with Crippen molar-refractivity contribution in [3.05, 3.63) is 23.7 Å². The van der Waals surface area contributed by atoms with Crippen LogP contribution in [-0.2, 0) is 20.7 Å². The summed E-state index contributed by atoms with van der Waals surface area (Å²) in [5.74, 6) is -2.31. The van der Waals surface area contributed by atoms with Crippen LogP contribution in [0.25, 0.3) is 0 Å². The molecule has 0 bridgehead atoms. The van der Waals surface area contributed by atoms with E-state index in [0.717, 1.165) is 6.42 Å². The maximum absolute atomic E-state index is 11.7. The average molecular weight is 384 g/mol. The summed E-state index contributed by atoms with van der Waals surface area (Å²) in [6.07, 6.45) is -0.211. The van der Waals surface area contributed by atoms with Crippen LogP contribution in [0.5, 0.6) is 0 Å². The van der Waals surface area contributed by atoms with Crippen molar-refractivity contribution >= 4 is 11.9 Å². The zero-order chi connectivity index (χ0) is 20.1. The molecule has 11 heteroatoms. The van der Waals surface area contributed by atoms with Gasteiger partial charge in [0.15, 0.2) is 0 Å². The van der Waals surface area contributed by atoms with Crippen molar-refractivity contribution in [3.8, 4) is 0 Å². The van der Waals surface area contributed by atoms with Crippen LogP contribution in [0.15, 0.2) is 18.0 Å². The van der Waals surface area contributed by atoms with E-state index in [1.54, 1.807) is 6.20 Å². The van der Waals surface area contributed by atoms with E-state index >= 15 is 0 Å². The third kappa shape index (κ3) is 4.81. The molecule has 0 fully saturated rings. The van der Waals surface area contributed by atoms with E-state index in [-0.39, 0.29) is 0 Å². The maximum Gasteiger partial charge on any atom is 0.370 e. The van der Waals surface area contributed by atoms with E-state index in [2.05, 4.69) is 15.6 Å². The molecule has 11 nitrogen and oxygen atoms in total. The molecule has 2 heterocycles. The Balaban J connectivity index is 2.47. The topological polar surface area (TPSA) is 167 Å². The molecule has 0 unspecified atom stereocenters. The number of nitrogens with zero attached hydrogens (tertiary/aromatic N) is 3. The fraction of sp³-hybridized carbons (Fsp3) is 0.625. The molecule has 5 N–H and O–H groups in total. The highest BCUT2D eigenvalue weighted by Crippen LogP contribution is 2.29. The molecule has 5 atom stereocenters. The predicted molar refractivity (Wildman–Crippen MR) is 90.3 cm³/mol. The number of aliphatic hydroxyl groups is 3. The van der Waals surface area contributed by atoms with E-state index in [0.29, 0.717) is 12.1 Å². The van der Waals surface area contributed by atoms with Gasteiger partial charge < -0.3 is 30.5 Å². The first-order chi connectivity index (χ1) is 12.8. The number of carbonyl (C=O) groups is 2. The van der Waals surface area contributed by atoms with Crippen LogP contribution in [0.1, 0.15) is 32.0 Å². The van der Waals surface area contributed by atoms with Crippen molar-refractivity contribution in [2.45, 2.75) is 57.1 Å². The lowest BCUT2D eigenvalue weighted by atomic mass is 9.92. The first-order valence-electron chi connectivity index (χ1n) is 8.55. The van der Waals surface area contributed by atoms with Gasteiger partial charge in [-0.25, -0.2) is 9.48 Å². The van der Waals surface area contributed by atoms with E-state index < -0.39 is 54.6 Å². The molecule has 1 aliphatic heterocycles. The van der Waals surface area contributed by atoms with Gasteiger partial charge >= 0.3 is 5.97 Å². The molecule has 1 aromatic rings. The fourth-order valence-corrected chi connectivity index (χ4v) is 2.92. The Kier molecular flexibility index (Phi) is 6.88. The van der Waals surface area contributed by atoms with Gasteiger partial charge in [-0.3, -0.25) is 4.79 Å². The van der Waals surface area contributed by atoms with Gasteiger partial charge in [0.2, 0.25) is 11.7 Å². The first-order valence-corrected chi connectivity index (χ1v) is 8.55. The second-order valence-electron chi connectivity index (χ2n) is 6.32. The molecule has 27 heavy (non-hydrogen) atoms. The lowest BCUT2D eigenvalue weighted by Gasteiger charge is -2.39. The summed E-state index contributed by atoms with van der Waals surface area (Å²) in [5.41, 5.74) is 0.684. The molecule has 0 spiro atoms. The molecule has 150 valence electrons. The summed E-state index contributed by atoms with van der Waals surface area (Å²) in [6.45, 7) is 2.45. The molecule has 2 rings (SSSR count). The molecule has 0 aliphatic carbocycles. The van der Waals surface area contributed by atoms with Crippen molar-refractivity contribution < 1.29 is 34.8 Å². The summed E-state index contributed by atoms with van der Waals surface area (Å²) in [4.78, 5) is 23.1. The van der Waals surface area contributed by atoms with Gasteiger partial charge in [-0.1, -0.05) is 18.6 Å². The average Bonchev–Trinajstić information content (AvgIpc) is 3.08. The Morgan fingerprint density at radius 1 is 1.41 bits per heavy atom. The number of hydrogen-bond donors (Lipinski definition) is 5. The van der Waals surface area contributed by atoms with E-state index in [1.807, 2.05) is 6.92 Å². The Morgan fingerprint density at radius 3 is 2.67 bits per heavy atom. The molecule has 0 saturated carbocycles. The third-order valence-corrected chi connectivity index (χ3v) is 4.18. The van der Waals surface area contributed by atoms with E-state index in [1.165, 1.54) is 17.7 Å². The monoisotopic (exact) mass is 384 g/mol. The second kappa shape index (κ2) is 8.93. The predicted octanol–water partition coefficient (Wildman–Crippen LogP) is -1.64. The number of carboxylic acids is 1. The fourth-order valence-electron chi connectivity index (χ4n) is 2.92. The number of rotatable bonds is 8. The van der Waals surface area contributed by atoms with Gasteiger partial charge in [0.25, 0.3) is 0 Å². The molecule has 0 radical (unpaired) electrons. The van der Waals surface area contributed by atoms with Crippen LogP contribution in [0, 0.1) is 0 Å². The first kappa shape index (κ1) is 20.8. The molecule has 0 aromatic carbocycles. The minimum Gasteiger partial charge on any atom is -0.478 e. The quantitative estimate of drug-likeness (QED) is 0.353. The number of carboxylic acid groups (broad SMARTS) is 1. The van der Waals surface area contributed by atoms with Crippen molar-refractivity contribution in [1.82, 2.24) is 20.3 Å². The number of aryl methyl sites for hydroxylation is 1. The van der Waals surface area contributed by atoms with Crippen molar-refractivity contribution in [2.75, 3.05) is 6.61 Å². The summed E-state index contributed by atoms with van der Waals surface area (Å²) < 4.78 is 6.69. The van der Waals surface area contributed by atoms with Crippen molar-refractivity contribution in [3.63, 3.8) is 0 Å². The largest absolute Gasteiger partial charge is 0.478 e. The Bertz CT molecular complexity index is 705. The van der Waals surface area contributed by atoms with Gasteiger partial charge in [0.1, 0.15) is 18.3 Å². The SMILES string of the molecule is CCCc1cn([C@H]2C=C(C(=O)O)O[C@@H]([C@H](O)[C@H](O)CO)[C@@H]2NC(C)=O)nn1. The van der Waals surface area contributed by atoms with Crippen LogP contribution in [0.2, 0.25) is 0 Å².